The number of urea groups is 1. The Morgan fingerprint density at radius 1 is 1.29 bits per heavy atom. The molecule has 4 amide bonds. The maximum absolute atomic E-state index is 12.5. The number of piperidine rings is 1. The fourth-order valence-electron chi connectivity index (χ4n) is 3.50. The smallest absolute Gasteiger partial charge is 0.325 e. The molecule has 3 fully saturated rings. The number of nitrogens with zero attached hydrogens (tertiary/aromatic N) is 1. The van der Waals surface area contributed by atoms with Gasteiger partial charge in [0.25, 0.3) is 5.91 Å². The van der Waals surface area contributed by atoms with Gasteiger partial charge in [0.05, 0.1) is 0 Å². The molecular formula is C14H22N4O3. The van der Waals surface area contributed by atoms with E-state index < -0.39 is 11.6 Å². The molecule has 0 bridgehead atoms. The van der Waals surface area contributed by atoms with Crippen LogP contribution in [0.1, 0.15) is 38.5 Å². The largest absolute Gasteiger partial charge is 0.352 e. The monoisotopic (exact) mass is 294 g/mol. The van der Waals surface area contributed by atoms with Gasteiger partial charge in [-0.1, -0.05) is 12.8 Å². The van der Waals surface area contributed by atoms with Gasteiger partial charge in [-0.15, -0.1) is 0 Å². The average molecular weight is 294 g/mol. The minimum Gasteiger partial charge on any atom is -0.352 e. The minimum absolute atomic E-state index is 0.178. The molecule has 0 aromatic carbocycles. The van der Waals surface area contributed by atoms with Crippen LogP contribution in [-0.4, -0.2) is 54.0 Å². The van der Waals surface area contributed by atoms with Crippen molar-refractivity contribution < 1.29 is 14.4 Å². The van der Waals surface area contributed by atoms with Crippen LogP contribution in [0, 0.1) is 0 Å². The molecule has 0 aromatic heterocycles. The van der Waals surface area contributed by atoms with E-state index in [1.54, 1.807) is 0 Å². The first kappa shape index (κ1) is 14.3. The molecule has 3 aliphatic rings. The fourth-order valence-corrected chi connectivity index (χ4v) is 3.50. The quantitative estimate of drug-likeness (QED) is 0.624. The molecule has 1 unspecified atom stereocenters. The number of carbonyl (C=O) groups is 3. The molecule has 1 aliphatic carbocycles. The Kier molecular flexibility index (Phi) is 3.84. The van der Waals surface area contributed by atoms with E-state index in [0.29, 0.717) is 13.0 Å². The molecular weight excluding hydrogens is 272 g/mol. The maximum atomic E-state index is 12.5. The van der Waals surface area contributed by atoms with Crippen molar-refractivity contribution in [1.82, 2.24) is 20.9 Å². The molecule has 2 saturated heterocycles. The van der Waals surface area contributed by atoms with Gasteiger partial charge in [-0.25, -0.2) is 4.79 Å². The molecule has 2 heterocycles. The normalized spacial score (nSPS) is 30.0. The number of amides is 4. The minimum atomic E-state index is -0.844. The van der Waals surface area contributed by atoms with Gasteiger partial charge in [-0.2, -0.15) is 0 Å². The lowest BCUT2D eigenvalue weighted by molar-refractivity contribution is -0.135. The molecule has 3 N–H and O–H groups in total. The number of carbonyl (C=O) groups excluding carboxylic acids is 3. The predicted octanol–water partition coefficient (Wildman–Crippen LogP) is -0.281. The number of imide groups is 1. The van der Waals surface area contributed by atoms with E-state index in [4.69, 9.17) is 0 Å². The van der Waals surface area contributed by atoms with E-state index in [-0.39, 0.29) is 24.4 Å². The molecule has 21 heavy (non-hydrogen) atoms. The van der Waals surface area contributed by atoms with Crippen molar-refractivity contribution in [3.05, 3.63) is 0 Å². The van der Waals surface area contributed by atoms with Gasteiger partial charge in [-0.05, 0) is 32.2 Å². The SMILES string of the molecule is O=C(CN1C(=O)NC2(CCCNC2)C1=O)NC1CCCC1. The third-order valence-electron chi connectivity index (χ3n) is 4.65. The first-order valence-electron chi connectivity index (χ1n) is 7.75. The molecule has 3 rings (SSSR count). The highest BCUT2D eigenvalue weighted by molar-refractivity contribution is 6.09. The second-order valence-corrected chi connectivity index (χ2v) is 6.23. The van der Waals surface area contributed by atoms with E-state index in [9.17, 15) is 14.4 Å². The first-order chi connectivity index (χ1) is 10.1. The highest BCUT2D eigenvalue weighted by Crippen LogP contribution is 2.25. The lowest BCUT2D eigenvalue weighted by Crippen LogP contribution is -2.57. The summed E-state index contributed by atoms with van der Waals surface area (Å²) in [6, 6.07) is -0.256. The summed E-state index contributed by atoms with van der Waals surface area (Å²) in [4.78, 5) is 37.6. The summed E-state index contributed by atoms with van der Waals surface area (Å²) in [5, 5.41) is 8.81. The Morgan fingerprint density at radius 3 is 2.71 bits per heavy atom. The molecule has 1 saturated carbocycles. The maximum Gasteiger partial charge on any atom is 0.325 e. The second-order valence-electron chi connectivity index (χ2n) is 6.23. The summed E-state index contributed by atoms with van der Waals surface area (Å²) in [7, 11) is 0. The highest BCUT2D eigenvalue weighted by atomic mass is 16.2. The molecule has 1 atom stereocenters. The van der Waals surface area contributed by atoms with E-state index >= 15 is 0 Å². The van der Waals surface area contributed by atoms with Crippen molar-refractivity contribution in [2.75, 3.05) is 19.6 Å². The van der Waals surface area contributed by atoms with E-state index in [1.807, 2.05) is 0 Å². The molecule has 116 valence electrons. The summed E-state index contributed by atoms with van der Waals surface area (Å²) in [6.07, 6.45) is 5.70. The molecule has 0 radical (unpaired) electrons. The van der Waals surface area contributed by atoms with Crippen molar-refractivity contribution in [2.24, 2.45) is 0 Å². The topological polar surface area (TPSA) is 90.5 Å². The van der Waals surface area contributed by atoms with Gasteiger partial charge >= 0.3 is 6.03 Å². The van der Waals surface area contributed by atoms with Crippen molar-refractivity contribution in [3.8, 4) is 0 Å². The van der Waals surface area contributed by atoms with E-state index in [2.05, 4.69) is 16.0 Å². The van der Waals surface area contributed by atoms with Crippen molar-refractivity contribution in [1.29, 1.82) is 0 Å². The van der Waals surface area contributed by atoms with Gasteiger partial charge in [0, 0.05) is 12.6 Å². The van der Waals surface area contributed by atoms with Crippen LogP contribution in [0.15, 0.2) is 0 Å². The highest BCUT2D eigenvalue weighted by Gasteiger charge is 2.51. The zero-order valence-corrected chi connectivity index (χ0v) is 12.1. The lowest BCUT2D eigenvalue weighted by Gasteiger charge is -2.31. The summed E-state index contributed by atoms with van der Waals surface area (Å²) >= 11 is 0. The summed E-state index contributed by atoms with van der Waals surface area (Å²) < 4.78 is 0. The summed E-state index contributed by atoms with van der Waals surface area (Å²) in [6.45, 7) is 1.12. The van der Waals surface area contributed by atoms with Gasteiger partial charge < -0.3 is 16.0 Å². The summed E-state index contributed by atoms with van der Waals surface area (Å²) in [5.41, 5.74) is -0.844. The molecule has 0 aromatic rings. The summed E-state index contributed by atoms with van der Waals surface area (Å²) in [5.74, 6) is -0.521. The van der Waals surface area contributed by atoms with E-state index in [0.717, 1.165) is 43.5 Å². The predicted molar refractivity (Wildman–Crippen MR) is 75.5 cm³/mol. The number of rotatable bonds is 3. The fraction of sp³-hybridized carbons (Fsp3) is 0.786. The Hall–Kier alpha value is -1.63. The third-order valence-corrected chi connectivity index (χ3v) is 4.65. The zero-order chi connectivity index (χ0) is 14.9. The molecule has 2 aliphatic heterocycles. The van der Waals surface area contributed by atoms with Crippen molar-refractivity contribution in [3.63, 3.8) is 0 Å². The molecule has 7 nitrogen and oxygen atoms in total. The van der Waals surface area contributed by atoms with Crippen LogP contribution in [0.4, 0.5) is 4.79 Å². The number of nitrogens with one attached hydrogen (secondary N) is 3. The third kappa shape index (κ3) is 2.74. The Bertz CT molecular complexity index is 453. The molecule has 7 heteroatoms. The van der Waals surface area contributed by atoms with Gasteiger partial charge in [0.15, 0.2) is 0 Å². The van der Waals surface area contributed by atoms with E-state index in [1.165, 1.54) is 0 Å². The van der Waals surface area contributed by atoms with Crippen LogP contribution < -0.4 is 16.0 Å². The van der Waals surface area contributed by atoms with Crippen molar-refractivity contribution >= 4 is 17.8 Å². The van der Waals surface area contributed by atoms with Crippen LogP contribution >= 0.6 is 0 Å². The number of hydrogen-bond acceptors (Lipinski definition) is 4. The average Bonchev–Trinajstić information content (AvgIpc) is 3.04. The van der Waals surface area contributed by atoms with Crippen LogP contribution in [0.5, 0.6) is 0 Å². The molecule has 1 spiro atoms. The standard InChI is InChI=1S/C14H22N4O3/c19-11(16-10-4-1-2-5-10)8-18-12(20)14(17-13(18)21)6-3-7-15-9-14/h10,15H,1-9H2,(H,16,19)(H,17,21). The Morgan fingerprint density at radius 2 is 2.05 bits per heavy atom. The van der Waals surface area contributed by atoms with Gasteiger partial charge in [0.1, 0.15) is 12.1 Å². The van der Waals surface area contributed by atoms with Gasteiger partial charge in [0.2, 0.25) is 5.91 Å². The zero-order valence-electron chi connectivity index (χ0n) is 12.1. The van der Waals surface area contributed by atoms with Gasteiger partial charge in [-0.3, -0.25) is 14.5 Å². The Labute approximate surface area is 123 Å². The second kappa shape index (κ2) is 5.63. The van der Waals surface area contributed by atoms with Crippen LogP contribution in [-0.2, 0) is 9.59 Å². The first-order valence-corrected chi connectivity index (χ1v) is 7.75. The van der Waals surface area contributed by atoms with Crippen molar-refractivity contribution in [2.45, 2.75) is 50.1 Å². The lowest BCUT2D eigenvalue weighted by atomic mass is 9.90. The van der Waals surface area contributed by atoms with Crippen LogP contribution in [0.3, 0.4) is 0 Å². The van der Waals surface area contributed by atoms with Crippen LogP contribution in [0.25, 0.3) is 0 Å². The van der Waals surface area contributed by atoms with Crippen LogP contribution in [0.2, 0.25) is 0 Å². The number of hydrogen-bond donors (Lipinski definition) is 3. The Balaban J connectivity index is 1.61.